The van der Waals surface area contributed by atoms with Crippen molar-refractivity contribution in [2.75, 3.05) is 19.7 Å². The van der Waals surface area contributed by atoms with Crippen molar-refractivity contribution in [1.29, 1.82) is 0 Å². The molecule has 0 aliphatic carbocycles. The first-order valence-corrected chi connectivity index (χ1v) is 10.2. The number of nitrogens with one attached hydrogen (secondary N) is 1. The van der Waals surface area contributed by atoms with E-state index in [1.54, 1.807) is 29.2 Å². The number of carbonyl (C=O) groups is 2. The molecule has 0 spiro atoms. The molecule has 5 nitrogen and oxygen atoms in total. The van der Waals surface area contributed by atoms with Gasteiger partial charge in [-0.05, 0) is 61.7 Å². The first kappa shape index (κ1) is 20.1. The monoisotopic (exact) mass is 442 g/mol. The second-order valence-electron chi connectivity index (χ2n) is 6.52. The molecular formula is C22H23BrN2O3. The highest BCUT2D eigenvalue weighted by atomic mass is 79.9. The first-order valence-electron chi connectivity index (χ1n) is 9.37. The van der Waals surface area contributed by atoms with Crippen molar-refractivity contribution in [3.8, 4) is 5.75 Å². The molecule has 146 valence electrons. The highest BCUT2D eigenvalue weighted by molar-refractivity contribution is 9.10. The molecule has 0 saturated carbocycles. The molecule has 0 bridgehead atoms. The minimum atomic E-state index is -0.314. The molecule has 0 aromatic heterocycles. The smallest absolute Gasteiger partial charge is 0.270 e. The molecule has 0 radical (unpaired) electrons. The summed E-state index contributed by atoms with van der Waals surface area (Å²) < 4.78 is 6.27. The van der Waals surface area contributed by atoms with E-state index in [1.165, 1.54) is 0 Å². The van der Waals surface area contributed by atoms with Crippen LogP contribution in [0.15, 0.2) is 58.7 Å². The zero-order chi connectivity index (χ0) is 19.9. The number of halogens is 1. The molecule has 1 saturated heterocycles. The van der Waals surface area contributed by atoms with Gasteiger partial charge in [0, 0.05) is 23.1 Å². The third-order valence-corrected chi connectivity index (χ3v) is 4.95. The van der Waals surface area contributed by atoms with Gasteiger partial charge in [0.25, 0.3) is 11.8 Å². The average Bonchev–Trinajstić information content (AvgIpc) is 3.23. The maximum Gasteiger partial charge on any atom is 0.270 e. The van der Waals surface area contributed by atoms with Crippen LogP contribution in [0.3, 0.4) is 0 Å². The standard InChI is InChI=1S/C22H23BrN2O3/c1-2-28-19-10-8-16(9-11-19)14-20(22(27)25-12-3-4-13-25)24-21(26)17-6-5-7-18(23)15-17/h5-11,14-15H,2-4,12-13H2,1H3,(H,24,26). The Hall–Kier alpha value is -2.60. The lowest BCUT2D eigenvalue weighted by molar-refractivity contribution is -0.126. The minimum absolute atomic E-state index is 0.158. The van der Waals surface area contributed by atoms with Crippen molar-refractivity contribution in [2.24, 2.45) is 0 Å². The molecule has 0 atom stereocenters. The normalized spacial score (nSPS) is 14.1. The van der Waals surface area contributed by atoms with Crippen molar-refractivity contribution in [1.82, 2.24) is 10.2 Å². The van der Waals surface area contributed by atoms with Crippen LogP contribution in [-0.2, 0) is 4.79 Å². The van der Waals surface area contributed by atoms with E-state index < -0.39 is 0 Å². The van der Waals surface area contributed by atoms with Crippen molar-refractivity contribution in [2.45, 2.75) is 19.8 Å². The first-order chi connectivity index (χ1) is 13.6. The van der Waals surface area contributed by atoms with E-state index in [0.29, 0.717) is 25.3 Å². The quantitative estimate of drug-likeness (QED) is 0.680. The molecule has 2 aromatic carbocycles. The van der Waals surface area contributed by atoms with Gasteiger partial charge < -0.3 is 15.0 Å². The predicted molar refractivity (Wildman–Crippen MR) is 113 cm³/mol. The lowest BCUT2D eigenvalue weighted by Gasteiger charge is -2.18. The Kier molecular flexibility index (Phi) is 6.87. The summed E-state index contributed by atoms with van der Waals surface area (Å²) >= 11 is 3.37. The second-order valence-corrected chi connectivity index (χ2v) is 7.44. The van der Waals surface area contributed by atoms with Crippen molar-refractivity contribution in [3.63, 3.8) is 0 Å². The van der Waals surface area contributed by atoms with E-state index in [1.807, 2.05) is 37.3 Å². The number of carbonyl (C=O) groups excluding carboxylic acids is 2. The summed E-state index contributed by atoms with van der Waals surface area (Å²) in [6, 6.07) is 14.5. The number of benzene rings is 2. The largest absolute Gasteiger partial charge is 0.494 e. The molecule has 2 aromatic rings. The zero-order valence-corrected chi connectivity index (χ0v) is 17.4. The maximum atomic E-state index is 13.0. The molecule has 2 amide bonds. The van der Waals surface area contributed by atoms with Gasteiger partial charge in [-0.2, -0.15) is 0 Å². The van der Waals surface area contributed by atoms with Crippen LogP contribution in [0.2, 0.25) is 0 Å². The fourth-order valence-electron chi connectivity index (χ4n) is 3.06. The van der Waals surface area contributed by atoms with Crippen LogP contribution in [-0.4, -0.2) is 36.4 Å². The molecule has 28 heavy (non-hydrogen) atoms. The molecule has 1 heterocycles. The van der Waals surface area contributed by atoms with Gasteiger partial charge in [-0.15, -0.1) is 0 Å². The number of likely N-dealkylation sites (tertiary alicyclic amines) is 1. The Morgan fingerprint density at radius 1 is 1.14 bits per heavy atom. The van der Waals surface area contributed by atoms with E-state index in [-0.39, 0.29) is 17.5 Å². The zero-order valence-electron chi connectivity index (χ0n) is 15.8. The summed E-state index contributed by atoms with van der Waals surface area (Å²) in [6.07, 6.45) is 3.69. The van der Waals surface area contributed by atoms with Crippen LogP contribution in [0.4, 0.5) is 0 Å². The predicted octanol–water partition coefficient (Wildman–Crippen LogP) is 4.24. The molecule has 1 fully saturated rings. The summed E-state index contributed by atoms with van der Waals surface area (Å²) in [5, 5.41) is 2.80. The fourth-order valence-corrected chi connectivity index (χ4v) is 3.46. The van der Waals surface area contributed by atoms with Crippen molar-refractivity contribution < 1.29 is 14.3 Å². The summed E-state index contributed by atoms with van der Waals surface area (Å²) in [4.78, 5) is 27.4. The highest BCUT2D eigenvalue weighted by Gasteiger charge is 2.23. The maximum absolute atomic E-state index is 13.0. The molecule has 1 aliphatic rings. The molecule has 0 unspecified atom stereocenters. The van der Waals surface area contributed by atoms with Gasteiger partial charge in [-0.1, -0.05) is 34.1 Å². The summed E-state index contributed by atoms with van der Waals surface area (Å²) in [6.45, 7) is 3.95. The van der Waals surface area contributed by atoms with Crippen LogP contribution in [0.5, 0.6) is 5.75 Å². The average molecular weight is 443 g/mol. The van der Waals surface area contributed by atoms with Crippen molar-refractivity contribution in [3.05, 3.63) is 69.8 Å². The lowest BCUT2D eigenvalue weighted by atomic mass is 10.1. The van der Waals surface area contributed by atoms with Crippen LogP contribution in [0, 0.1) is 0 Å². The topological polar surface area (TPSA) is 58.6 Å². The minimum Gasteiger partial charge on any atom is -0.494 e. The Bertz CT molecular complexity index is 872. The number of hydrogen-bond acceptors (Lipinski definition) is 3. The van der Waals surface area contributed by atoms with Crippen LogP contribution >= 0.6 is 15.9 Å². The molecule has 1 aliphatic heterocycles. The summed E-state index contributed by atoms with van der Waals surface area (Å²) in [7, 11) is 0. The van der Waals surface area contributed by atoms with Gasteiger partial charge in [0.15, 0.2) is 0 Å². The van der Waals surface area contributed by atoms with E-state index in [9.17, 15) is 9.59 Å². The second kappa shape index (κ2) is 9.55. The van der Waals surface area contributed by atoms with Crippen LogP contribution < -0.4 is 10.1 Å². The van der Waals surface area contributed by atoms with E-state index in [2.05, 4.69) is 21.2 Å². The SMILES string of the molecule is CCOc1ccc(C=C(NC(=O)c2cccc(Br)c2)C(=O)N2CCCC2)cc1. The molecular weight excluding hydrogens is 420 g/mol. The Balaban J connectivity index is 1.85. The number of hydrogen-bond donors (Lipinski definition) is 1. The number of nitrogens with zero attached hydrogens (tertiary/aromatic N) is 1. The van der Waals surface area contributed by atoms with Gasteiger partial charge >= 0.3 is 0 Å². The number of ether oxygens (including phenoxy) is 1. The number of rotatable bonds is 6. The van der Waals surface area contributed by atoms with Gasteiger partial charge in [0.1, 0.15) is 11.4 Å². The van der Waals surface area contributed by atoms with E-state index >= 15 is 0 Å². The van der Waals surface area contributed by atoms with Gasteiger partial charge in [-0.25, -0.2) is 0 Å². The van der Waals surface area contributed by atoms with E-state index in [0.717, 1.165) is 28.6 Å². The Labute approximate surface area is 173 Å². The molecule has 6 heteroatoms. The van der Waals surface area contributed by atoms with Crippen LogP contribution in [0.1, 0.15) is 35.7 Å². The lowest BCUT2D eigenvalue weighted by Crippen LogP contribution is -2.36. The fraction of sp³-hybridized carbons (Fsp3) is 0.273. The highest BCUT2D eigenvalue weighted by Crippen LogP contribution is 2.18. The molecule has 3 rings (SSSR count). The Morgan fingerprint density at radius 2 is 1.86 bits per heavy atom. The van der Waals surface area contributed by atoms with Gasteiger partial charge in [0.2, 0.25) is 0 Å². The number of amides is 2. The van der Waals surface area contributed by atoms with Crippen LogP contribution in [0.25, 0.3) is 6.08 Å². The van der Waals surface area contributed by atoms with E-state index in [4.69, 9.17) is 4.74 Å². The Morgan fingerprint density at radius 3 is 2.50 bits per heavy atom. The molecule has 1 N–H and O–H groups in total. The van der Waals surface area contributed by atoms with Gasteiger partial charge in [0.05, 0.1) is 6.61 Å². The summed E-state index contributed by atoms with van der Waals surface area (Å²) in [5.74, 6) is 0.297. The third kappa shape index (κ3) is 5.23. The van der Waals surface area contributed by atoms with Gasteiger partial charge in [-0.3, -0.25) is 9.59 Å². The van der Waals surface area contributed by atoms with Crippen molar-refractivity contribution >= 4 is 33.8 Å². The third-order valence-electron chi connectivity index (χ3n) is 4.46. The summed E-state index contributed by atoms with van der Waals surface area (Å²) in [5.41, 5.74) is 1.58.